The van der Waals surface area contributed by atoms with E-state index in [2.05, 4.69) is 19.2 Å². The van der Waals surface area contributed by atoms with E-state index in [4.69, 9.17) is 4.74 Å². The van der Waals surface area contributed by atoms with Crippen molar-refractivity contribution in [2.24, 2.45) is 0 Å². The zero-order chi connectivity index (χ0) is 12.4. The fourth-order valence-corrected chi connectivity index (χ4v) is 1.24. The first-order chi connectivity index (χ1) is 7.60. The zero-order valence-electron chi connectivity index (χ0n) is 10.4. The lowest BCUT2D eigenvalue weighted by molar-refractivity contribution is -0.143. The Balaban J connectivity index is 3.74. The lowest BCUT2D eigenvalue weighted by atomic mass is 10.1. The minimum Gasteiger partial charge on any atom is -0.466 e. The van der Waals surface area contributed by atoms with E-state index in [1.807, 2.05) is 13.8 Å². The van der Waals surface area contributed by atoms with Crippen LogP contribution in [0.15, 0.2) is 36.5 Å². The topological polar surface area (TPSA) is 26.3 Å². The molecule has 0 rings (SSSR count). The van der Waals surface area contributed by atoms with E-state index in [0.717, 1.165) is 24.8 Å². The molecule has 0 radical (unpaired) electrons. The van der Waals surface area contributed by atoms with Crippen LogP contribution in [0.1, 0.15) is 39.5 Å². The number of hydrogen-bond donors (Lipinski definition) is 0. The van der Waals surface area contributed by atoms with Crippen LogP contribution in [-0.2, 0) is 9.53 Å². The van der Waals surface area contributed by atoms with E-state index in [-0.39, 0.29) is 5.97 Å². The van der Waals surface area contributed by atoms with E-state index in [0.29, 0.717) is 13.0 Å². The first-order valence-electron chi connectivity index (χ1n) is 5.71. The second kappa shape index (κ2) is 8.96. The molecule has 0 amide bonds. The van der Waals surface area contributed by atoms with E-state index < -0.39 is 0 Å². The predicted octanol–water partition coefficient (Wildman–Crippen LogP) is 3.80. The van der Waals surface area contributed by atoms with Crippen molar-refractivity contribution in [1.82, 2.24) is 0 Å². The van der Waals surface area contributed by atoms with Crippen molar-refractivity contribution in [1.29, 1.82) is 0 Å². The van der Waals surface area contributed by atoms with Gasteiger partial charge in [0.25, 0.3) is 0 Å². The summed E-state index contributed by atoms with van der Waals surface area (Å²) < 4.78 is 4.86. The summed E-state index contributed by atoms with van der Waals surface area (Å²) in [6.07, 6.45) is 7.06. The summed E-state index contributed by atoms with van der Waals surface area (Å²) in [5.74, 6) is -0.120. The van der Waals surface area contributed by atoms with Crippen molar-refractivity contribution < 1.29 is 9.53 Å². The maximum absolute atomic E-state index is 11.1. The molecule has 0 aromatic carbocycles. The summed E-state index contributed by atoms with van der Waals surface area (Å²) >= 11 is 0. The van der Waals surface area contributed by atoms with Gasteiger partial charge in [0.1, 0.15) is 0 Å². The molecule has 0 aromatic heterocycles. The Kier molecular flexibility index (Phi) is 8.22. The molecule has 2 heteroatoms. The van der Waals surface area contributed by atoms with Crippen LogP contribution in [0.5, 0.6) is 0 Å². The van der Waals surface area contributed by atoms with Crippen LogP contribution in [0, 0.1) is 0 Å². The van der Waals surface area contributed by atoms with Gasteiger partial charge in [-0.3, -0.25) is 4.79 Å². The average molecular weight is 222 g/mol. The van der Waals surface area contributed by atoms with Crippen molar-refractivity contribution >= 4 is 5.97 Å². The molecule has 0 N–H and O–H groups in total. The van der Waals surface area contributed by atoms with Crippen LogP contribution in [0.2, 0.25) is 0 Å². The largest absolute Gasteiger partial charge is 0.466 e. The standard InChI is InChI=1S/C14H22O2/c1-5-12(3)8-7-9-13(4)10-11-14(15)16-6-2/h5,9H,1,3,6-8,10-11H2,2,4H3. The number of ether oxygens (including phenoxy) is 1. The fourth-order valence-electron chi connectivity index (χ4n) is 1.24. The Morgan fingerprint density at radius 3 is 2.56 bits per heavy atom. The third-order valence-electron chi connectivity index (χ3n) is 2.28. The molecule has 0 unspecified atom stereocenters. The van der Waals surface area contributed by atoms with Gasteiger partial charge in [0.15, 0.2) is 0 Å². The summed E-state index contributed by atoms with van der Waals surface area (Å²) in [4.78, 5) is 11.1. The molecule has 2 nitrogen and oxygen atoms in total. The Morgan fingerprint density at radius 2 is 2.00 bits per heavy atom. The molecule has 0 aromatic rings. The van der Waals surface area contributed by atoms with Crippen LogP contribution in [0.3, 0.4) is 0 Å². The Labute approximate surface area is 98.7 Å². The van der Waals surface area contributed by atoms with Gasteiger partial charge in [-0.2, -0.15) is 0 Å². The number of hydrogen-bond acceptors (Lipinski definition) is 2. The molecule has 0 saturated heterocycles. The minimum absolute atomic E-state index is 0.120. The highest BCUT2D eigenvalue weighted by atomic mass is 16.5. The van der Waals surface area contributed by atoms with Crippen LogP contribution in [-0.4, -0.2) is 12.6 Å². The minimum atomic E-state index is -0.120. The number of carbonyl (C=O) groups is 1. The van der Waals surface area contributed by atoms with Crippen molar-refractivity contribution in [3.05, 3.63) is 36.5 Å². The third-order valence-corrected chi connectivity index (χ3v) is 2.28. The monoisotopic (exact) mass is 222 g/mol. The molecular weight excluding hydrogens is 200 g/mol. The fraction of sp³-hybridized carbons (Fsp3) is 0.500. The summed E-state index contributed by atoms with van der Waals surface area (Å²) in [7, 11) is 0. The van der Waals surface area contributed by atoms with Crippen molar-refractivity contribution in [2.75, 3.05) is 6.61 Å². The number of esters is 1. The molecular formula is C14H22O2. The van der Waals surface area contributed by atoms with Gasteiger partial charge in [-0.05, 0) is 33.1 Å². The van der Waals surface area contributed by atoms with E-state index in [1.54, 1.807) is 6.08 Å². The van der Waals surface area contributed by atoms with Crippen LogP contribution in [0.4, 0.5) is 0 Å². The van der Waals surface area contributed by atoms with E-state index in [9.17, 15) is 4.79 Å². The summed E-state index contributed by atoms with van der Waals surface area (Å²) in [5.41, 5.74) is 2.28. The summed E-state index contributed by atoms with van der Waals surface area (Å²) in [6.45, 7) is 11.8. The van der Waals surface area contributed by atoms with Crippen molar-refractivity contribution in [3.8, 4) is 0 Å². The van der Waals surface area contributed by atoms with Crippen LogP contribution < -0.4 is 0 Å². The highest BCUT2D eigenvalue weighted by Gasteiger charge is 2.01. The molecule has 0 aliphatic rings. The average Bonchev–Trinajstić information content (AvgIpc) is 2.26. The normalized spacial score (nSPS) is 11.0. The van der Waals surface area contributed by atoms with E-state index in [1.165, 1.54) is 5.57 Å². The number of rotatable bonds is 8. The molecule has 0 heterocycles. The molecule has 0 aliphatic carbocycles. The highest BCUT2D eigenvalue weighted by Crippen LogP contribution is 2.10. The highest BCUT2D eigenvalue weighted by molar-refractivity contribution is 5.69. The van der Waals surface area contributed by atoms with Gasteiger partial charge < -0.3 is 4.74 Å². The second-order valence-corrected chi connectivity index (χ2v) is 3.76. The Bertz CT molecular complexity index is 274. The van der Waals surface area contributed by atoms with Crippen molar-refractivity contribution in [3.63, 3.8) is 0 Å². The smallest absolute Gasteiger partial charge is 0.306 e. The molecule has 16 heavy (non-hydrogen) atoms. The predicted molar refractivity (Wildman–Crippen MR) is 68.2 cm³/mol. The van der Waals surface area contributed by atoms with Gasteiger partial charge in [-0.1, -0.05) is 36.5 Å². The van der Waals surface area contributed by atoms with Gasteiger partial charge in [0, 0.05) is 6.42 Å². The summed E-state index contributed by atoms with van der Waals surface area (Å²) in [5, 5.41) is 0. The molecule has 0 fully saturated rings. The second-order valence-electron chi connectivity index (χ2n) is 3.76. The number of allylic oxidation sites excluding steroid dienone is 4. The molecule has 0 atom stereocenters. The third kappa shape index (κ3) is 8.04. The van der Waals surface area contributed by atoms with Gasteiger partial charge in [0.05, 0.1) is 6.61 Å². The molecule has 0 spiro atoms. The lowest BCUT2D eigenvalue weighted by Crippen LogP contribution is -2.03. The Morgan fingerprint density at radius 1 is 1.31 bits per heavy atom. The number of carbonyl (C=O) groups excluding carboxylic acids is 1. The van der Waals surface area contributed by atoms with Crippen LogP contribution in [0.25, 0.3) is 0 Å². The molecule has 0 saturated carbocycles. The van der Waals surface area contributed by atoms with Crippen molar-refractivity contribution in [2.45, 2.75) is 39.5 Å². The first-order valence-corrected chi connectivity index (χ1v) is 5.71. The van der Waals surface area contributed by atoms with Gasteiger partial charge in [-0.15, -0.1) is 0 Å². The SMILES string of the molecule is C=CC(=C)CCC=C(C)CCC(=O)OCC. The maximum atomic E-state index is 11.1. The van der Waals surface area contributed by atoms with Gasteiger partial charge >= 0.3 is 5.97 Å². The lowest BCUT2D eigenvalue weighted by Gasteiger charge is -2.02. The molecule has 90 valence electrons. The Hall–Kier alpha value is -1.31. The first kappa shape index (κ1) is 14.7. The van der Waals surface area contributed by atoms with E-state index >= 15 is 0 Å². The summed E-state index contributed by atoms with van der Waals surface area (Å²) in [6, 6.07) is 0. The van der Waals surface area contributed by atoms with Gasteiger partial charge in [0.2, 0.25) is 0 Å². The van der Waals surface area contributed by atoms with Crippen LogP contribution >= 0.6 is 0 Å². The molecule has 0 aliphatic heterocycles. The maximum Gasteiger partial charge on any atom is 0.306 e. The quantitative estimate of drug-likeness (QED) is 0.355. The zero-order valence-corrected chi connectivity index (χ0v) is 10.4. The van der Waals surface area contributed by atoms with Gasteiger partial charge in [-0.25, -0.2) is 0 Å². The molecule has 0 bridgehead atoms.